The van der Waals surface area contributed by atoms with Crippen LogP contribution in [0.5, 0.6) is 5.75 Å². The van der Waals surface area contributed by atoms with Crippen molar-refractivity contribution in [1.82, 2.24) is 4.90 Å². The van der Waals surface area contributed by atoms with E-state index in [1.165, 1.54) is 4.90 Å². The van der Waals surface area contributed by atoms with Crippen LogP contribution in [0, 0.1) is 17.8 Å². The van der Waals surface area contributed by atoms with Gasteiger partial charge in [0.1, 0.15) is 17.4 Å². The van der Waals surface area contributed by atoms with Crippen LogP contribution in [0.1, 0.15) is 33.6 Å². The lowest BCUT2D eigenvalue weighted by Crippen LogP contribution is -2.57. The van der Waals surface area contributed by atoms with Gasteiger partial charge in [0.15, 0.2) is 0 Å². The van der Waals surface area contributed by atoms with E-state index in [9.17, 15) is 19.5 Å². The van der Waals surface area contributed by atoms with Crippen LogP contribution in [0.25, 0.3) is 0 Å². The Hall–Kier alpha value is -2.66. The van der Waals surface area contributed by atoms with Gasteiger partial charge in [-0.1, -0.05) is 47.8 Å². The van der Waals surface area contributed by atoms with Crippen LogP contribution in [0.4, 0.5) is 11.4 Å². The molecule has 220 valence electrons. The molecule has 0 aliphatic carbocycles. The van der Waals surface area contributed by atoms with Gasteiger partial charge in [0, 0.05) is 21.2 Å². The van der Waals surface area contributed by atoms with Crippen molar-refractivity contribution in [2.75, 3.05) is 23.8 Å². The van der Waals surface area contributed by atoms with Gasteiger partial charge in [-0.3, -0.25) is 14.4 Å². The van der Waals surface area contributed by atoms with Crippen LogP contribution < -0.4 is 15.4 Å². The Morgan fingerprint density at radius 2 is 1.73 bits per heavy atom. The number of aliphatic hydroxyl groups is 1. The van der Waals surface area contributed by atoms with E-state index in [0.717, 1.165) is 0 Å². The number of carbonyl (C=O) groups is 3. The smallest absolute Gasteiger partial charge is 0.250 e. The largest absolute Gasteiger partial charge is 0.494 e. The van der Waals surface area contributed by atoms with Gasteiger partial charge < -0.3 is 30.1 Å². The zero-order valence-corrected chi connectivity index (χ0v) is 25.5. The number of nitrogens with one attached hydrogen (secondary N) is 2. The predicted octanol–water partition coefficient (Wildman–Crippen LogP) is 4.47. The topological polar surface area (TPSA) is 117 Å². The summed E-state index contributed by atoms with van der Waals surface area (Å²) in [6.07, 6.45) is 0.454. The molecule has 3 aliphatic rings. The number of aliphatic hydroxyl groups excluding tert-OH is 1. The summed E-state index contributed by atoms with van der Waals surface area (Å²) in [4.78, 5) is 43.4. The Labute approximate surface area is 253 Å². The van der Waals surface area contributed by atoms with Crippen molar-refractivity contribution in [3.05, 3.63) is 53.6 Å². The van der Waals surface area contributed by atoms with Crippen LogP contribution in [0.15, 0.2) is 48.5 Å². The molecule has 3 saturated heterocycles. The summed E-state index contributed by atoms with van der Waals surface area (Å²) in [6.45, 7) is 6.01. The van der Waals surface area contributed by atoms with E-state index in [-0.39, 0.29) is 29.2 Å². The highest BCUT2D eigenvalue weighted by atomic mass is 79.9. The van der Waals surface area contributed by atoms with E-state index in [0.29, 0.717) is 41.6 Å². The van der Waals surface area contributed by atoms with Crippen molar-refractivity contribution in [3.63, 3.8) is 0 Å². The summed E-state index contributed by atoms with van der Waals surface area (Å²) in [6, 6.07) is 12.0. The van der Waals surface area contributed by atoms with Crippen LogP contribution in [-0.4, -0.2) is 69.6 Å². The van der Waals surface area contributed by atoms with Crippen LogP contribution in [0.3, 0.4) is 0 Å². The average molecular weight is 649 g/mol. The second kappa shape index (κ2) is 11.9. The Balaban J connectivity index is 1.50. The lowest BCUT2D eigenvalue weighted by atomic mass is 9.70. The van der Waals surface area contributed by atoms with Gasteiger partial charge in [-0.05, 0) is 67.8 Å². The molecule has 0 aromatic heterocycles. The maximum absolute atomic E-state index is 14.3. The summed E-state index contributed by atoms with van der Waals surface area (Å²) >= 11 is 9.72. The molecule has 3 N–H and O–H groups in total. The van der Waals surface area contributed by atoms with Crippen LogP contribution in [-0.2, 0) is 19.1 Å². The fraction of sp³-hybridized carbons (Fsp3) is 0.500. The van der Waals surface area contributed by atoms with Gasteiger partial charge >= 0.3 is 0 Å². The highest BCUT2D eigenvalue weighted by Gasteiger charge is 2.77. The molecule has 3 amide bonds. The first-order chi connectivity index (χ1) is 19.6. The van der Waals surface area contributed by atoms with Crippen molar-refractivity contribution >= 4 is 56.6 Å². The van der Waals surface area contributed by atoms with E-state index in [2.05, 4.69) is 26.6 Å². The number of hydrogen-bond acceptors (Lipinski definition) is 6. The molecule has 0 radical (unpaired) electrons. The highest BCUT2D eigenvalue weighted by molar-refractivity contribution is 9.09. The molecular weight excluding hydrogens is 614 g/mol. The second-order valence-electron chi connectivity index (χ2n) is 11.0. The normalized spacial score (nSPS) is 29.7. The minimum atomic E-state index is -1.24. The van der Waals surface area contributed by atoms with E-state index in [4.69, 9.17) is 21.1 Å². The summed E-state index contributed by atoms with van der Waals surface area (Å²) in [5.41, 5.74) is -0.161. The number of hydrogen-bond donors (Lipinski definition) is 3. The Morgan fingerprint density at radius 1 is 1.12 bits per heavy atom. The fourth-order valence-corrected chi connectivity index (χ4v) is 7.68. The van der Waals surface area contributed by atoms with Gasteiger partial charge in [-0.2, -0.15) is 0 Å². The third-order valence-electron chi connectivity index (χ3n) is 8.67. The van der Waals surface area contributed by atoms with Gasteiger partial charge in [0.2, 0.25) is 17.7 Å². The summed E-state index contributed by atoms with van der Waals surface area (Å²) in [5, 5.41) is 16.8. The summed E-state index contributed by atoms with van der Waals surface area (Å²) in [5.74, 6) is -2.27. The molecule has 3 aliphatic heterocycles. The molecule has 1 spiro atoms. The lowest BCUT2D eigenvalue weighted by Gasteiger charge is -2.38. The number of benzene rings is 2. The number of anilines is 2. The van der Waals surface area contributed by atoms with Crippen molar-refractivity contribution < 1.29 is 29.0 Å². The standard InChI is InChI=1S/C30H35BrClN3O6/c1-4-16(3)22(15-36)35-26(28(38)34-18-8-6-17(32)7-9-18)30-14-21(31)25(41-30)23(24(30)29(35)39)27(37)33-19-10-12-20(13-11-19)40-5-2/h6-13,16,21-26,36H,4-5,14-15H2,1-3H3,(H,33,37)(H,34,38)/t16-,21?,22-,23-,24-,25-,26?,30?/m0/s1. The lowest BCUT2D eigenvalue weighted by molar-refractivity contribution is -0.144. The Bertz CT molecular complexity index is 1290. The average Bonchev–Trinajstić information content (AvgIpc) is 3.55. The van der Waals surface area contributed by atoms with E-state index in [1.54, 1.807) is 48.5 Å². The van der Waals surface area contributed by atoms with Crippen LogP contribution in [0.2, 0.25) is 5.02 Å². The molecule has 3 unspecified atom stereocenters. The number of ether oxygens (including phenoxy) is 2. The van der Waals surface area contributed by atoms with E-state index in [1.807, 2.05) is 20.8 Å². The monoisotopic (exact) mass is 647 g/mol. The molecule has 11 heteroatoms. The number of nitrogens with zero attached hydrogens (tertiary/aromatic N) is 1. The maximum atomic E-state index is 14.3. The number of alkyl halides is 1. The minimum Gasteiger partial charge on any atom is -0.494 e. The first kappa shape index (κ1) is 29.8. The number of likely N-dealkylation sites (tertiary alicyclic amines) is 1. The molecule has 2 aromatic carbocycles. The zero-order valence-electron chi connectivity index (χ0n) is 23.2. The molecule has 2 bridgehead atoms. The molecule has 2 aromatic rings. The van der Waals surface area contributed by atoms with Gasteiger partial charge in [0.05, 0.1) is 37.2 Å². The van der Waals surface area contributed by atoms with Crippen molar-refractivity contribution in [2.45, 2.75) is 62.2 Å². The molecule has 3 fully saturated rings. The number of rotatable bonds is 10. The number of carbonyl (C=O) groups excluding carboxylic acids is 3. The first-order valence-electron chi connectivity index (χ1n) is 14.0. The zero-order chi connectivity index (χ0) is 29.5. The number of fused-ring (bicyclic) bond motifs is 1. The van der Waals surface area contributed by atoms with Crippen molar-refractivity contribution in [2.24, 2.45) is 17.8 Å². The maximum Gasteiger partial charge on any atom is 0.250 e. The quantitative estimate of drug-likeness (QED) is 0.328. The van der Waals surface area contributed by atoms with Crippen LogP contribution >= 0.6 is 27.5 Å². The third-order valence-corrected chi connectivity index (χ3v) is 9.76. The minimum absolute atomic E-state index is 0.0990. The number of amides is 3. The van der Waals surface area contributed by atoms with E-state index >= 15 is 0 Å². The molecule has 3 heterocycles. The SMILES string of the molecule is CCOc1ccc(NC(=O)[C@H]2[C@H]3C(=O)N([C@@H](CO)[C@@H](C)CC)C(C(=O)Nc4ccc(Cl)cc4)C34CC(Br)[C@@H]2O4)cc1. The predicted molar refractivity (Wildman–Crippen MR) is 159 cm³/mol. The van der Waals surface area contributed by atoms with Crippen molar-refractivity contribution in [3.8, 4) is 5.75 Å². The second-order valence-corrected chi connectivity index (χ2v) is 12.6. The van der Waals surface area contributed by atoms with Gasteiger partial charge in [-0.15, -0.1) is 0 Å². The third kappa shape index (κ3) is 5.24. The highest BCUT2D eigenvalue weighted by Crippen LogP contribution is 2.60. The number of halogens is 2. The fourth-order valence-electron chi connectivity index (χ4n) is 6.61. The first-order valence-corrected chi connectivity index (χ1v) is 15.3. The van der Waals surface area contributed by atoms with Crippen molar-refractivity contribution in [1.29, 1.82) is 0 Å². The molecular formula is C30H35BrClN3O6. The molecule has 0 saturated carbocycles. The van der Waals surface area contributed by atoms with Gasteiger partial charge in [-0.25, -0.2) is 0 Å². The molecule has 5 rings (SSSR count). The van der Waals surface area contributed by atoms with Gasteiger partial charge in [0.25, 0.3) is 0 Å². The molecule has 9 nitrogen and oxygen atoms in total. The Kier molecular flexibility index (Phi) is 8.66. The summed E-state index contributed by atoms with van der Waals surface area (Å²) < 4.78 is 12.1. The summed E-state index contributed by atoms with van der Waals surface area (Å²) in [7, 11) is 0. The molecule has 8 atom stereocenters. The Morgan fingerprint density at radius 3 is 2.32 bits per heavy atom. The molecule has 41 heavy (non-hydrogen) atoms. The van der Waals surface area contributed by atoms with E-state index < -0.39 is 41.5 Å².